The third-order valence-electron chi connectivity index (χ3n) is 11.5. The van der Waals surface area contributed by atoms with Crippen molar-refractivity contribution in [1.29, 1.82) is 0 Å². The van der Waals surface area contributed by atoms with Gasteiger partial charge in [-0.25, -0.2) is 4.79 Å². The van der Waals surface area contributed by atoms with Gasteiger partial charge >= 0.3 is 11.9 Å². The Balaban J connectivity index is 1.98. The number of unbranched alkanes of at least 4 members (excludes halogenated alkanes) is 2. The molecule has 3 aliphatic rings. The molecule has 0 aromatic rings. The van der Waals surface area contributed by atoms with Crippen LogP contribution >= 0.6 is 0 Å². The fourth-order valence-corrected chi connectivity index (χ4v) is 7.30. The van der Waals surface area contributed by atoms with Gasteiger partial charge in [0.2, 0.25) is 12.1 Å². The highest BCUT2D eigenvalue weighted by Gasteiger charge is 2.40. The molecule has 62 heavy (non-hydrogen) atoms. The molecule has 0 radical (unpaired) electrons. The van der Waals surface area contributed by atoms with Gasteiger partial charge in [0.15, 0.2) is 6.04 Å². The molecule has 0 aromatic heterocycles. The normalized spacial score (nSPS) is 23.6. The average Bonchev–Trinajstić information content (AvgIpc) is 3.27. The van der Waals surface area contributed by atoms with E-state index in [0.29, 0.717) is 61.7 Å². The number of carbonyl (C=O) groups is 2. The highest BCUT2D eigenvalue weighted by molar-refractivity contribution is 5.81. The van der Waals surface area contributed by atoms with E-state index in [1.54, 1.807) is 13.0 Å². The molecule has 0 fully saturated rings. The summed E-state index contributed by atoms with van der Waals surface area (Å²) in [6, 6.07) is -4.26. The number of nitrogens with zero attached hydrogens (tertiary/aromatic N) is 7. The maximum Gasteiger partial charge on any atom is 0.330 e. The van der Waals surface area contributed by atoms with Gasteiger partial charge < -0.3 is 18.9 Å². The highest BCUT2D eigenvalue weighted by atomic mass is 16.6. The van der Waals surface area contributed by atoms with Gasteiger partial charge in [-0.3, -0.25) is 29.9 Å². The van der Waals surface area contributed by atoms with Crippen molar-refractivity contribution in [2.24, 2.45) is 32.3 Å². The van der Waals surface area contributed by atoms with E-state index in [1.165, 1.54) is 12.2 Å². The van der Waals surface area contributed by atoms with E-state index in [-0.39, 0.29) is 38.1 Å². The molecule has 0 saturated heterocycles. The Morgan fingerprint density at radius 2 is 1.55 bits per heavy atom. The summed E-state index contributed by atoms with van der Waals surface area (Å²) in [5.41, 5.74) is 2.09. The molecule has 0 spiro atoms. The lowest BCUT2D eigenvalue weighted by atomic mass is 9.94. The summed E-state index contributed by atoms with van der Waals surface area (Å²) in [5.74, 6) is 0.245. The molecule has 8 unspecified atom stereocenters. The van der Waals surface area contributed by atoms with E-state index in [2.05, 4.69) is 49.4 Å². The van der Waals surface area contributed by atoms with Gasteiger partial charge in [0.05, 0.1) is 25.3 Å². The minimum Gasteiger partial charge on any atom is -0.491 e. The predicted octanol–water partition coefficient (Wildman–Crippen LogP) is 9.08. The molecule has 0 saturated carbocycles. The zero-order chi connectivity index (χ0) is 45.4. The number of hydrogen-bond acceptors (Lipinski definition) is 15. The number of rotatable bonds is 29. The third kappa shape index (κ3) is 17.1. The lowest BCUT2D eigenvalue weighted by Crippen LogP contribution is -2.40. The van der Waals surface area contributed by atoms with Gasteiger partial charge in [-0.2, -0.15) is 15.3 Å². The Morgan fingerprint density at radius 3 is 2.15 bits per heavy atom. The SMILES string of the molecule is C=CC(=O)OCCN(CCOC(=O)CC)C1C=CC(/N=N/C2=CC(OCC(CC)CCCC)C(/N=N/C3C=CC([N+](=O)[O-])CC3[N+](=O)[O-])C=C2OCC(CC)CCCC)=C(C)C1. The van der Waals surface area contributed by atoms with Crippen LogP contribution in [0.2, 0.25) is 0 Å². The van der Waals surface area contributed by atoms with Crippen LogP contribution in [0.3, 0.4) is 0 Å². The zero-order valence-electron chi connectivity index (χ0n) is 37.6. The first-order valence-electron chi connectivity index (χ1n) is 22.4. The molecule has 3 aliphatic carbocycles. The second-order valence-corrected chi connectivity index (χ2v) is 16.0. The summed E-state index contributed by atoms with van der Waals surface area (Å²) in [7, 11) is 0. The van der Waals surface area contributed by atoms with Crippen LogP contribution in [0.4, 0.5) is 0 Å². The van der Waals surface area contributed by atoms with Crippen LogP contribution in [0.15, 0.2) is 92.3 Å². The second-order valence-electron chi connectivity index (χ2n) is 16.0. The molecule has 0 N–H and O–H groups in total. The van der Waals surface area contributed by atoms with E-state index in [9.17, 15) is 29.8 Å². The summed E-state index contributed by atoms with van der Waals surface area (Å²) < 4.78 is 23.7. The fraction of sp³-hybridized carbons (Fsp3) is 0.689. The van der Waals surface area contributed by atoms with E-state index in [0.717, 1.165) is 63.0 Å². The minimum absolute atomic E-state index is 0.0824. The molecular weight excluding hydrogens is 799 g/mol. The second kappa shape index (κ2) is 27.9. The molecule has 3 rings (SSSR count). The monoisotopic (exact) mass is 868 g/mol. The quantitative estimate of drug-likeness (QED) is 0.0173. The van der Waals surface area contributed by atoms with Crippen molar-refractivity contribution in [3.8, 4) is 0 Å². The number of allylic oxidation sites excluding steroid dienone is 1. The molecule has 0 heterocycles. The number of azo groups is 2. The molecule has 0 amide bonds. The van der Waals surface area contributed by atoms with E-state index < -0.39 is 46.1 Å². The van der Waals surface area contributed by atoms with Crippen LogP contribution in [0, 0.1) is 32.1 Å². The molecule has 0 aliphatic heterocycles. The van der Waals surface area contributed by atoms with Crippen molar-refractivity contribution in [2.75, 3.05) is 39.5 Å². The zero-order valence-corrected chi connectivity index (χ0v) is 37.6. The molecule has 8 atom stereocenters. The Kier molecular flexibility index (Phi) is 23.2. The lowest BCUT2D eigenvalue weighted by Gasteiger charge is -2.31. The smallest absolute Gasteiger partial charge is 0.330 e. The summed E-state index contributed by atoms with van der Waals surface area (Å²) in [6.07, 6.45) is 19.5. The first-order valence-corrected chi connectivity index (χ1v) is 22.4. The van der Waals surface area contributed by atoms with Crippen molar-refractivity contribution >= 4 is 11.9 Å². The molecule has 0 aromatic carbocycles. The van der Waals surface area contributed by atoms with Gasteiger partial charge in [0.25, 0.3) is 0 Å². The Bertz CT molecular complexity index is 1710. The van der Waals surface area contributed by atoms with Crippen LogP contribution in [0.1, 0.15) is 112 Å². The standard InChI is InChI=1S/C45H69N7O10/c1-8-14-16-33(10-3)30-61-42-29-40(49-47-38-21-19-36(51(55)56)27-41(38)52(57)58)43(62-31-34(11-4)17-15-9-2)28-39(42)48-46-37-20-18-35(26-32(37)7)50(22-24-59-44(53)12-5)23-25-60-45(54)13-6/h12,18-21,28-29,33-36,38,40-41,43H,5,8-11,13-17,22-27,30-31H2,1-4,6-7H3/b48-46+,49-47+. The van der Waals surface area contributed by atoms with Crippen molar-refractivity contribution in [3.63, 3.8) is 0 Å². The van der Waals surface area contributed by atoms with Crippen molar-refractivity contribution in [1.82, 2.24) is 4.90 Å². The topological polar surface area (TPSA) is 210 Å². The lowest BCUT2D eigenvalue weighted by molar-refractivity contribution is -0.556. The van der Waals surface area contributed by atoms with Gasteiger partial charge in [-0.15, -0.1) is 5.11 Å². The van der Waals surface area contributed by atoms with Crippen LogP contribution in [-0.4, -0.2) is 103 Å². The van der Waals surface area contributed by atoms with Gasteiger partial charge in [0, 0.05) is 41.5 Å². The van der Waals surface area contributed by atoms with Crippen LogP contribution in [0.25, 0.3) is 0 Å². The van der Waals surface area contributed by atoms with Crippen molar-refractivity contribution < 1.29 is 38.4 Å². The Labute approximate surface area is 366 Å². The molecule has 17 heteroatoms. The molecule has 344 valence electrons. The number of carbonyl (C=O) groups excluding carboxylic acids is 2. The number of hydrogen-bond donors (Lipinski definition) is 0. The number of esters is 2. The number of ether oxygens (including phenoxy) is 4. The Hall–Kier alpha value is -4.90. The van der Waals surface area contributed by atoms with E-state index in [1.807, 2.05) is 25.2 Å². The van der Waals surface area contributed by atoms with Crippen LogP contribution in [-0.2, 0) is 28.5 Å². The summed E-state index contributed by atoms with van der Waals surface area (Å²) >= 11 is 0. The van der Waals surface area contributed by atoms with E-state index >= 15 is 0 Å². The maximum absolute atomic E-state index is 12.0. The van der Waals surface area contributed by atoms with E-state index in [4.69, 9.17) is 29.2 Å². The summed E-state index contributed by atoms with van der Waals surface area (Å²) in [5, 5.41) is 42.0. The van der Waals surface area contributed by atoms with Crippen LogP contribution in [0.5, 0.6) is 0 Å². The van der Waals surface area contributed by atoms with Gasteiger partial charge in [-0.05, 0) is 74.0 Å². The first kappa shape index (κ1) is 51.5. The molecular formula is C45H69N7O10. The Morgan fingerprint density at radius 1 is 0.887 bits per heavy atom. The van der Waals surface area contributed by atoms with Gasteiger partial charge in [0.1, 0.15) is 36.8 Å². The van der Waals surface area contributed by atoms with Crippen molar-refractivity contribution in [2.45, 2.75) is 148 Å². The molecule has 17 nitrogen and oxygen atoms in total. The average molecular weight is 868 g/mol. The van der Waals surface area contributed by atoms with Gasteiger partial charge in [-0.1, -0.05) is 85.8 Å². The first-order chi connectivity index (χ1) is 29.9. The predicted molar refractivity (Wildman–Crippen MR) is 235 cm³/mol. The molecule has 0 bridgehead atoms. The fourth-order valence-electron chi connectivity index (χ4n) is 7.30. The maximum atomic E-state index is 12.0. The summed E-state index contributed by atoms with van der Waals surface area (Å²) in [6.45, 7) is 17.8. The summed E-state index contributed by atoms with van der Waals surface area (Å²) in [4.78, 5) is 48.1. The largest absolute Gasteiger partial charge is 0.491 e. The van der Waals surface area contributed by atoms with Crippen LogP contribution < -0.4 is 0 Å². The van der Waals surface area contributed by atoms with Crippen molar-refractivity contribution in [3.05, 3.63) is 92.1 Å². The minimum atomic E-state index is -1.30. The number of nitro groups is 2. The highest BCUT2D eigenvalue weighted by Crippen LogP contribution is 2.31. The third-order valence-corrected chi connectivity index (χ3v) is 11.5.